The molecule has 1 aliphatic rings. The van der Waals surface area contributed by atoms with Gasteiger partial charge in [0, 0.05) is 33.1 Å². The summed E-state index contributed by atoms with van der Waals surface area (Å²) in [4.78, 5) is 13.4. The topological polar surface area (TPSA) is 66.9 Å². The lowest BCUT2D eigenvalue weighted by Crippen LogP contribution is -2.50. The fourth-order valence-electron chi connectivity index (χ4n) is 3.00. The third kappa shape index (κ3) is 3.21. The first-order chi connectivity index (χ1) is 10.7. The monoisotopic (exact) mass is 340 g/mol. The van der Waals surface area contributed by atoms with E-state index in [1.165, 1.54) is 11.2 Å². The fourth-order valence-corrected chi connectivity index (χ4v) is 4.91. The van der Waals surface area contributed by atoms with Gasteiger partial charge in [-0.05, 0) is 43.5 Å². The predicted molar refractivity (Wildman–Crippen MR) is 88.2 cm³/mol. The highest BCUT2D eigenvalue weighted by Gasteiger charge is 2.32. The van der Waals surface area contributed by atoms with Gasteiger partial charge in [-0.1, -0.05) is 0 Å². The van der Waals surface area contributed by atoms with Crippen LogP contribution < -0.4 is 4.74 Å². The second-order valence-corrected chi connectivity index (χ2v) is 7.76. The van der Waals surface area contributed by atoms with Crippen molar-refractivity contribution in [3.05, 3.63) is 22.8 Å². The second-order valence-electron chi connectivity index (χ2n) is 5.89. The zero-order valence-electron chi connectivity index (χ0n) is 14.3. The number of hydrogen-bond donors (Lipinski definition) is 0. The van der Waals surface area contributed by atoms with Gasteiger partial charge in [0.05, 0.1) is 12.0 Å². The highest BCUT2D eigenvalue weighted by Crippen LogP contribution is 2.32. The van der Waals surface area contributed by atoms with Crippen LogP contribution in [0.4, 0.5) is 0 Å². The molecule has 128 valence electrons. The molecule has 2 rings (SSSR count). The van der Waals surface area contributed by atoms with Crippen LogP contribution in [-0.4, -0.2) is 56.8 Å². The van der Waals surface area contributed by atoms with Crippen molar-refractivity contribution in [1.82, 2.24) is 9.21 Å². The van der Waals surface area contributed by atoms with Gasteiger partial charge in [0.2, 0.25) is 15.9 Å². The Kier molecular flexibility index (Phi) is 5.01. The summed E-state index contributed by atoms with van der Waals surface area (Å²) in [7, 11) is -2.00. The number of carbonyl (C=O) groups is 1. The average molecular weight is 340 g/mol. The van der Waals surface area contributed by atoms with Crippen LogP contribution in [-0.2, 0) is 14.8 Å². The van der Waals surface area contributed by atoms with Crippen LogP contribution in [0.1, 0.15) is 23.6 Å². The number of nitrogens with zero attached hydrogens (tertiary/aromatic N) is 2. The maximum Gasteiger partial charge on any atom is 0.243 e. The number of hydrogen-bond acceptors (Lipinski definition) is 4. The maximum absolute atomic E-state index is 13.0. The number of sulfonamides is 1. The Morgan fingerprint density at radius 3 is 2.13 bits per heavy atom. The van der Waals surface area contributed by atoms with Crippen LogP contribution in [0.5, 0.6) is 5.75 Å². The Bertz CT molecular complexity index is 720. The average Bonchev–Trinajstić information content (AvgIpc) is 2.50. The molecule has 0 aromatic heterocycles. The quantitative estimate of drug-likeness (QED) is 0.836. The van der Waals surface area contributed by atoms with Gasteiger partial charge >= 0.3 is 0 Å². The van der Waals surface area contributed by atoms with Crippen molar-refractivity contribution in [1.29, 1.82) is 0 Å². The molecule has 0 N–H and O–H groups in total. The molecule has 0 bridgehead atoms. The summed E-state index contributed by atoms with van der Waals surface area (Å²) in [5.74, 6) is 0.676. The molecule has 7 heteroatoms. The highest BCUT2D eigenvalue weighted by atomic mass is 32.2. The summed E-state index contributed by atoms with van der Waals surface area (Å²) >= 11 is 0. The number of amides is 1. The van der Waals surface area contributed by atoms with E-state index in [-0.39, 0.29) is 5.91 Å². The minimum absolute atomic E-state index is 0.0188. The van der Waals surface area contributed by atoms with Crippen LogP contribution in [0, 0.1) is 20.8 Å². The van der Waals surface area contributed by atoms with Gasteiger partial charge in [0.25, 0.3) is 0 Å². The third-order valence-electron chi connectivity index (χ3n) is 4.48. The van der Waals surface area contributed by atoms with Gasteiger partial charge in [0.1, 0.15) is 5.75 Å². The van der Waals surface area contributed by atoms with Crippen LogP contribution >= 0.6 is 0 Å². The molecule has 0 saturated carbocycles. The molecule has 0 unspecified atom stereocenters. The van der Waals surface area contributed by atoms with E-state index in [0.717, 1.165) is 11.1 Å². The summed E-state index contributed by atoms with van der Waals surface area (Å²) in [5.41, 5.74) is 2.23. The maximum atomic E-state index is 13.0. The SMILES string of the molecule is COc1cc(C)c(S(=O)(=O)N2CCN(C(C)=O)CC2)c(C)c1C. The van der Waals surface area contributed by atoms with E-state index >= 15 is 0 Å². The van der Waals surface area contributed by atoms with Gasteiger partial charge in [-0.2, -0.15) is 4.31 Å². The summed E-state index contributed by atoms with van der Waals surface area (Å²) in [6.45, 7) is 8.48. The first kappa shape index (κ1) is 17.7. The standard InChI is InChI=1S/C16H24N2O4S/c1-11-10-15(22-5)12(2)13(3)16(11)23(20,21)18-8-6-17(7-9-18)14(4)19/h10H,6-9H2,1-5H3. The minimum Gasteiger partial charge on any atom is -0.496 e. The molecule has 1 amide bonds. The Morgan fingerprint density at radius 2 is 1.65 bits per heavy atom. The van der Waals surface area contributed by atoms with Crippen molar-refractivity contribution in [3.63, 3.8) is 0 Å². The molecule has 1 fully saturated rings. The molecule has 23 heavy (non-hydrogen) atoms. The minimum atomic E-state index is -3.58. The Morgan fingerprint density at radius 1 is 1.09 bits per heavy atom. The normalized spacial score (nSPS) is 16.5. The first-order valence-corrected chi connectivity index (χ1v) is 9.04. The van der Waals surface area contributed by atoms with E-state index in [2.05, 4.69) is 0 Å². The summed E-state index contributed by atoms with van der Waals surface area (Å²) < 4.78 is 32.9. The van der Waals surface area contributed by atoms with Gasteiger partial charge in [-0.3, -0.25) is 4.79 Å². The lowest BCUT2D eigenvalue weighted by atomic mass is 10.1. The molecular formula is C16H24N2O4S. The van der Waals surface area contributed by atoms with Crippen molar-refractivity contribution < 1.29 is 17.9 Å². The number of carbonyl (C=O) groups excluding carboxylic acids is 1. The molecule has 0 spiro atoms. The zero-order valence-corrected chi connectivity index (χ0v) is 15.2. The van der Waals surface area contributed by atoms with E-state index in [1.807, 2.05) is 13.8 Å². The third-order valence-corrected chi connectivity index (χ3v) is 6.67. The van der Waals surface area contributed by atoms with Gasteiger partial charge in [0.15, 0.2) is 0 Å². The van der Waals surface area contributed by atoms with Crippen LogP contribution in [0.3, 0.4) is 0 Å². The first-order valence-electron chi connectivity index (χ1n) is 7.60. The lowest BCUT2D eigenvalue weighted by Gasteiger charge is -2.34. The highest BCUT2D eigenvalue weighted by molar-refractivity contribution is 7.89. The van der Waals surface area contributed by atoms with Crippen molar-refractivity contribution >= 4 is 15.9 Å². The molecule has 1 aromatic rings. The van der Waals surface area contributed by atoms with Crippen LogP contribution in [0.15, 0.2) is 11.0 Å². The van der Waals surface area contributed by atoms with Gasteiger partial charge in [-0.15, -0.1) is 0 Å². The fraction of sp³-hybridized carbons (Fsp3) is 0.562. The molecule has 0 radical (unpaired) electrons. The number of rotatable bonds is 3. The molecule has 1 aliphatic heterocycles. The summed E-state index contributed by atoms with van der Waals surface area (Å²) in [6.07, 6.45) is 0. The summed E-state index contributed by atoms with van der Waals surface area (Å²) in [6, 6.07) is 1.76. The number of ether oxygens (including phenoxy) is 1. The molecule has 1 saturated heterocycles. The Hall–Kier alpha value is -1.60. The molecule has 0 atom stereocenters. The van der Waals surface area contributed by atoms with Crippen molar-refractivity contribution in [3.8, 4) is 5.75 Å². The van der Waals surface area contributed by atoms with Gasteiger partial charge in [-0.25, -0.2) is 8.42 Å². The van der Waals surface area contributed by atoms with E-state index in [4.69, 9.17) is 4.74 Å². The largest absolute Gasteiger partial charge is 0.496 e. The number of aryl methyl sites for hydroxylation is 1. The Labute approximate surface area is 138 Å². The van der Waals surface area contributed by atoms with Crippen LogP contribution in [0.25, 0.3) is 0 Å². The molecule has 1 aromatic carbocycles. The lowest BCUT2D eigenvalue weighted by molar-refractivity contribution is -0.129. The van der Waals surface area contributed by atoms with E-state index < -0.39 is 10.0 Å². The molecular weight excluding hydrogens is 316 g/mol. The van der Waals surface area contributed by atoms with Crippen molar-refractivity contribution in [2.75, 3.05) is 33.3 Å². The van der Waals surface area contributed by atoms with Crippen molar-refractivity contribution in [2.24, 2.45) is 0 Å². The smallest absolute Gasteiger partial charge is 0.243 e. The second kappa shape index (κ2) is 6.49. The predicted octanol–water partition coefficient (Wildman–Crippen LogP) is 1.47. The summed E-state index contributed by atoms with van der Waals surface area (Å²) in [5, 5.41) is 0. The van der Waals surface area contributed by atoms with Crippen LogP contribution in [0.2, 0.25) is 0 Å². The van der Waals surface area contributed by atoms with E-state index in [0.29, 0.717) is 42.4 Å². The van der Waals surface area contributed by atoms with Crippen molar-refractivity contribution in [2.45, 2.75) is 32.6 Å². The van der Waals surface area contributed by atoms with E-state index in [9.17, 15) is 13.2 Å². The number of benzene rings is 1. The van der Waals surface area contributed by atoms with Gasteiger partial charge < -0.3 is 9.64 Å². The molecule has 0 aliphatic carbocycles. The Balaban J connectivity index is 2.38. The molecule has 6 nitrogen and oxygen atoms in total. The number of methoxy groups -OCH3 is 1. The molecule has 1 heterocycles. The zero-order chi connectivity index (χ0) is 17.4. The van der Waals surface area contributed by atoms with E-state index in [1.54, 1.807) is 25.0 Å². The number of piperazine rings is 1.